The van der Waals surface area contributed by atoms with Crippen LogP contribution in [0.5, 0.6) is 0 Å². The van der Waals surface area contributed by atoms with Crippen LogP contribution < -0.4 is 16.0 Å². The molecule has 2 heterocycles. The molecule has 37 heavy (non-hydrogen) atoms. The third kappa shape index (κ3) is 7.85. The second-order valence-corrected chi connectivity index (χ2v) is 9.93. The minimum absolute atomic E-state index is 0.00214. The Morgan fingerprint density at radius 1 is 1.08 bits per heavy atom. The van der Waals surface area contributed by atoms with Crippen LogP contribution in [-0.4, -0.2) is 65.6 Å². The number of carbonyl (C=O) groups is 5. The van der Waals surface area contributed by atoms with E-state index in [1.807, 2.05) is 18.2 Å². The molecule has 1 aromatic rings. The van der Waals surface area contributed by atoms with Gasteiger partial charge in [-0.25, -0.2) is 0 Å². The molecule has 0 saturated carbocycles. The summed E-state index contributed by atoms with van der Waals surface area (Å²) in [6, 6.07) is 5.66. The number of likely N-dealkylation sites (N-methyl/N-ethyl adjacent to an activating group) is 1. The molecule has 4 atom stereocenters. The fourth-order valence-corrected chi connectivity index (χ4v) is 4.91. The molecule has 0 spiro atoms. The normalized spacial score (nSPS) is 22.3. The van der Waals surface area contributed by atoms with Crippen molar-refractivity contribution in [3.63, 3.8) is 0 Å². The number of esters is 1. The van der Waals surface area contributed by atoms with E-state index in [1.54, 1.807) is 24.9 Å². The Labute approximate surface area is 217 Å². The van der Waals surface area contributed by atoms with Crippen molar-refractivity contribution in [2.45, 2.75) is 96.1 Å². The average Bonchev–Trinajstić information content (AvgIpc) is 3.29. The summed E-state index contributed by atoms with van der Waals surface area (Å²) < 4.78 is 5.13. The number of hydrogen-bond acceptors (Lipinski definition) is 7. The summed E-state index contributed by atoms with van der Waals surface area (Å²) >= 11 is 0. The highest BCUT2D eigenvalue weighted by Gasteiger charge is 2.43. The molecule has 3 N–H and O–H groups in total. The summed E-state index contributed by atoms with van der Waals surface area (Å²) in [6.45, 7) is 3.37. The second kappa shape index (κ2) is 13.3. The fourth-order valence-electron chi connectivity index (χ4n) is 4.91. The highest BCUT2D eigenvalue weighted by molar-refractivity contribution is 5.94. The SMILES string of the molecule is CNC(C)C(=O)N[C@H]1CCCC[C@H]2CC[C@@H](C(=O)NCc3cccc(COC(=O)CC(C)=O)c3)N2C1=O. The lowest BCUT2D eigenvalue weighted by atomic mass is 9.98. The van der Waals surface area contributed by atoms with E-state index in [4.69, 9.17) is 4.74 Å². The predicted molar refractivity (Wildman–Crippen MR) is 136 cm³/mol. The minimum atomic E-state index is -0.637. The van der Waals surface area contributed by atoms with Gasteiger partial charge in [-0.05, 0) is 57.7 Å². The van der Waals surface area contributed by atoms with Gasteiger partial charge in [0.1, 0.15) is 30.9 Å². The van der Waals surface area contributed by atoms with E-state index in [2.05, 4.69) is 16.0 Å². The largest absolute Gasteiger partial charge is 0.460 e. The van der Waals surface area contributed by atoms with Crippen molar-refractivity contribution in [3.8, 4) is 0 Å². The van der Waals surface area contributed by atoms with Gasteiger partial charge in [0.15, 0.2) is 0 Å². The van der Waals surface area contributed by atoms with Gasteiger partial charge < -0.3 is 25.6 Å². The molecule has 1 unspecified atom stereocenters. The first kappa shape index (κ1) is 28.3. The number of amides is 3. The van der Waals surface area contributed by atoms with Crippen molar-refractivity contribution in [2.24, 2.45) is 0 Å². The predicted octanol–water partition coefficient (Wildman–Crippen LogP) is 1.35. The van der Waals surface area contributed by atoms with Crippen molar-refractivity contribution >= 4 is 29.5 Å². The molecular weight excluding hydrogens is 476 g/mol. The first-order valence-corrected chi connectivity index (χ1v) is 13.0. The van der Waals surface area contributed by atoms with Crippen molar-refractivity contribution in [2.75, 3.05) is 7.05 Å². The van der Waals surface area contributed by atoms with Crippen LogP contribution in [0.1, 0.15) is 69.9 Å². The average molecular weight is 515 g/mol. The molecule has 1 aromatic carbocycles. The topological polar surface area (TPSA) is 134 Å². The first-order chi connectivity index (χ1) is 17.7. The Morgan fingerprint density at radius 2 is 1.81 bits per heavy atom. The zero-order valence-electron chi connectivity index (χ0n) is 21.9. The molecule has 2 fully saturated rings. The number of ketones is 1. The number of rotatable bonds is 10. The monoisotopic (exact) mass is 514 g/mol. The highest BCUT2D eigenvalue weighted by Crippen LogP contribution is 2.31. The smallest absolute Gasteiger partial charge is 0.313 e. The summed E-state index contributed by atoms with van der Waals surface area (Å²) in [4.78, 5) is 63.5. The van der Waals surface area contributed by atoms with Gasteiger partial charge in [-0.1, -0.05) is 37.1 Å². The first-order valence-electron chi connectivity index (χ1n) is 13.0. The zero-order valence-corrected chi connectivity index (χ0v) is 21.9. The Balaban J connectivity index is 1.61. The molecule has 2 saturated heterocycles. The van der Waals surface area contributed by atoms with E-state index < -0.39 is 24.1 Å². The molecule has 0 aliphatic carbocycles. The Kier molecular flexibility index (Phi) is 10.2. The summed E-state index contributed by atoms with van der Waals surface area (Å²) in [6.07, 6.45) is 4.30. The Hall–Kier alpha value is -3.27. The summed E-state index contributed by atoms with van der Waals surface area (Å²) in [5.74, 6) is -1.47. The van der Waals surface area contributed by atoms with Crippen LogP contribution in [0, 0.1) is 0 Å². The van der Waals surface area contributed by atoms with Crippen LogP contribution in [-0.2, 0) is 41.9 Å². The molecular formula is C27H38N4O6. The van der Waals surface area contributed by atoms with E-state index >= 15 is 0 Å². The van der Waals surface area contributed by atoms with Gasteiger partial charge >= 0.3 is 5.97 Å². The number of benzene rings is 1. The molecule has 0 aromatic heterocycles. The van der Waals surface area contributed by atoms with E-state index in [0.717, 1.165) is 36.8 Å². The van der Waals surface area contributed by atoms with Gasteiger partial charge in [-0.3, -0.25) is 24.0 Å². The van der Waals surface area contributed by atoms with Crippen LogP contribution in [0.4, 0.5) is 0 Å². The third-order valence-corrected chi connectivity index (χ3v) is 7.03. The number of nitrogens with one attached hydrogen (secondary N) is 3. The zero-order chi connectivity index (χ0) is 26.9. The number of carbonyl (C=O) groups excluding carboxylic acids is 5. The van der Waals surface area contributed by atoms with Crippen molar-refractivity contribution in [1.29, 1.82) is 0 Å². The van der Waals surface area contributed by atoms with Gasteiger partial charge in [0, 0.05) is 12.6 Å². The molecule has 2 aliphatic heterocycles. The van der Waals surface area contributed by atoms with Gasteiger partial charge in [-0.2, -0.15) is 0 Å². The van der Waals surface area contributed by atoms with Crippen LogP contribution in [0.3, 0.4) is 0 Å². The maximum atomic E-state index is 13.5. The molecule has 3 amide bonds. The highest BCUT2D eigenvalue weighted by atomic mass is 16.5. The Bertz CT molecular complexity index is 1010. The van der Waals surface area contributed by atoms with E-state index in [0.29, 0.717) is 12.8 Å². The number of ether oxygens (including phenoxy) is 1. The molecule has 10 nitrogen and oxygen atoms in total. The van der Waals surface area contributed by atoms with Crippen LogP contribution in [0.2, 0.25) is 0 Å². The molecule has 10 heteroatoms. The summed E-state index contributed by atoms with van der Waals surface area (Å²) in [5.41, 5.74) is 1.58. The standard InChI is InChI=1S/C27H38N4O6/c1-17(32)13-24(33)37-16-20-8-6-7-19(14-20)15-29-26(35)23-12-11-21-9-4-5-10-22(27(36)31(21)23)30-25(34)18(2)28-3/h6-8,14,18,21-23,28H,4-5,9-13,15-16H2,1-3H3,(H,29,35)(H,30,34)/t18?,21-,22-,23-/m0/s1. The lowest BCUT2D eigenvalue weighted by Gasteiger charge is -2.35. The van der Waals surface area contributed by atoms with Crippen molar-refractivity contribution < 1.29 is 28.7 Å². The third-order valence-electron chi connectivity index (χ3n) is 7.03. The van der Waals surface area contributed by atoms with Crippen LogP contribution >= 0.6 is 0 Å². The maximum Gasteiger partial charge on any atom is 0.313 e. The molecule has 2 aliphatic rings. The van der Waals surface area contributed by atoms with Gasteiger partial charge in [-0.15, -0.1) is 0 Å². The summed E-state index contributed by atoms with van der Waals surface area (Å²) in [5, 5.41) is 8.71. The second-order valence-electron chi connectivity index (χ2n) is 9.93. The number of Topliss-reactive ketones (excluding diaryl/α,β-unsaturated/α-hetero) is 1. The van der Waals surface area contributed by atoms with Crippen molar-refractivity contribution in [1.82, 2.24) is 20.9 Å². The van der Waals surface area contributed by atoms with E-state index in [-0.39, 0.29) is 49.1 Å². The van der Waals surface area contributed by atoms with Crippen molar-refractivity contribution in [3.05, 3.63) is 35.4 Å². The molecule has 0 bridgehead atoms. The van der Waals surface area contributed by atoms with E-state index in [1.165, 1.54) is 6.92 Å². The van der Waals surface area contributed by atoms with Gasteiger partial charge in [0.2, 0.25) is 17.7 Å². The maximum absolute atomic E-state index is 13.5. The number of hydrogen-bond donors (Lipinski definition) is 3. The fraction of sp³-hybridized carbons (Fsp3) is 0.593. The van der Waals surface area contributed by atoms with Gasteiger partial charge in [0.05, 0.1) is 6.04 Å². The molecule has 202 valence electrons. The number of fused-ring (bicyclic) bond motifs is 1. The molecule has 0 radical (unpaired) electrons. The van der Waals surface area contributed by atoms with Crippen LogP contribution in [0.25, 0.3) is 0 Å². The number of nitrogens with zero attached hydrogens (tertiary/aromatic N) is 1. The Morgan fingerprint density at radius 3 is 2.54 bits per heavy atom. The quantitative estimate of drug-likeness (QED) is 0.317. The summed E-state index contributed by atoms with van der Waals surface area (Å²) in [7, 11) is 1.69. The van der Waals surface area contributed by atoms with Gasteiger partial charge in [0.25, 0.3) is 0 Å². The van der Waals surface area contributed by atoms with Crippen LogP contribution in [0.15, 0.2) is 24.3 Å². The minimum Gasteiger partial charge on any atom is -0.460 e. The molecule has 3 rings (SSSR count). The lowest BCUT2D eigenvalue weighted by Crippen LogP contribution is -2.57. The lowest BCUT2D eigenvalue weighted by molar-refractivity contribution is -0.147. The van der Waals surface area contributed by atoms with E-state index in [9.17, 15) is 24.0 Å².